The summed E-state index contributed by atoms with van der Waals surface area (Å²) in [6, 6.07) is 9.01. The molecular formula is C19H17F2N5O. The van der Waals surface area contributed by atoms with E-state index < -0.39 is 11.6 Å². The zero-order valence-electron chi connectivity index (χ0n) is 14.2. The minimum Gasteiger partial charge on any atom is -0.368 e. The van der Waals surface area contributed by atoms with E-state index in [4.69, 9.17) is 0 Å². The zero-order chi connectivity index (χ0) is 18.5. The predicted molar refractivity (Wildman–Crippen MR) is 97.6 cm³/mol. The fourth-order valence-corrected chi connectivity index (χ4v) is 4.06. The van der Waals surface area contributed by atoms with Crippen molar-refractivity contribution in [3.8, 4) is 0 Å². The summed E-state index contributed by atoms with van der Waals surface area (Å²) < 4.78 is 27.0. The number of anilines is 2. The van der Waals surface area contributed by atoms with Crippen LogP contribution in [-0.4, -0.2) is 35.4 Å². The van der Waals surface area contributed by atoms with Gasteiger partial charge in [-0.25, -0.2) is 13.6 Å². The van der Waals surface area contributed by atoms with Gasteiger partial charge in [-0.15, -0.1) is 0 Å². The molecule has 27 heavy (non-hydrogen) atoms. The Morgan fingerprint density at radius 2 is 2.00 bits per heavy atom. The molecular weight excluding hydrogens is 352 g/mol. The van der Waals surface area contributed by atoms with Crippen molar-refractivity contribution in [3.05, 3.63) is 54.2 Å². The molecule has 0 spiro atoms. The Labute approximate surface area is 153 Å². The van der Waals surface area contributed by atoms with Crippen LogP contribution < -0.4 is 15.5 Å². The first-order valence-electron chi connectivity index (χ1n) is 8.80. The third kappa shape index (κ3) is 2.77. The number of nitrogens with one attached hydrogen (secondary N) is 3. The number of carbonyl (C=O) groups is 1. The van der Waals surface area contributed by atoms with Crippen molar-refractivity contribution in [3.63, 3.8) is 0 Å². The molecule has 2 amide bonds. The lowest BCUT2D eigenvalue weighted by Crippen LogP contribution is -2.37. The predicted octanol–water partition coefficient (Wildman–Crippen LogP) is 3.10. The van der Waals surface area contributed by atoms with Crippen molar-refractivity contribution in [1.82, 2.24) is 15.5 Å². The first-order valence-corrected chi connectivity index (χ1v) is 8.80. The molecule has 2 fully saturated rings. The number of hydrogen-bond acceptors (Lipinski definition) is 3. The van der Waals surface area contributed by atoms with E-state index in [1.807, 2.05) is 23.1 Å². The quantitative estimate of drug-likeness (QED) is 0.664. The third-order valence-corrected chi connectivity index (χ3v) is 5.48. The number of halogens is 2. The number of rotatable bonds is 3. The summed E-state index contributed by atoms with van der Waals surface area (Å²) in [6.07, 6.45) is 1.67. The van der Waals surface area contributed by atoms with Crippen LogP contribution in [0.1, 0.15) is 0 Å². The smallest absolute Gasteiger partial charge is 0.319 e. The molecule has 1 aromatic heterocycles. The molecule has 5 rings (SSSR count). The normalized spacial score (nSPS) is 23.3. The van der Waals surface area contributed by atoms with E-state index in [0.717, 1.165) is 17.0 Å². The standard InChI is InChI=1S/C19H17F2N5O/c20-10-4-5-17(14(21)6-10)26-8-12-13(9-26)18(12)24-19(27)23-15-2-1-3-16-11(15)7-22-25-16/h1-7,12-13,18H,8-9H2,(H,22,25)(H2,23,24,27)/t12-,13+,18?. The Bertz CT molecular complexity index is 1020. The summed E-state index contributed by atoms with van der Waals surface area (Å²) in [5.74, 6) is -0.564. The summed E-state index contributed by atoms with van der Waals surface area (Å²) >= 11 is 0. The lowest BCUT2D eigenvalue weighted by Gasteiger charge is -2.23. The number of nitrogens with zero attached hydrogens (tertiary/aromatic N) is 2. The summed E-state index contributed by atoms with van der Waals surface area (Å²) in [5.41, 5.74) is 1.96. The van der Waals surface area contributed by atoms with E-state index in [1.165, 1.54) is 12.1 Å². The maximum atomic E-state index is 13.9. The van der Waals surface area contributed by atoms with Crippen molar-refractivity contribution in [2.75, 3.05) is 23.3 Å². The van der Waals surface area contributed by atoms with E-state index in [2.05, 4.69) is 20.8 Å². The van der Waals surface area contributed by atoms with Gasteiger partial charge in [0.1, 0.15) is 11.6 Å². The maximum absolute atomic E-state index is 13.9. The fraction of sp³-hybridized carbons (Fsp3) is 0.263. The highest BCUT2D eigenvalue weighted by Gasteiger charge is 2.56. The van der Waals surface area contributed by atoms with E-state index >= 15 is 0 Å². The topological polar surface area (TPSA) is 73.0 Å². The highest BCUT2D eigenvalue weighted by molar-refractivity contribution is 6.00. The number of fused-ring (bicyclic) bond motifs is 2. The summed E-state index contributed by atoms with van der Waals surface area (Å²) in [5, 5.41) is 13.6. The Balaban J connectivity index is 1.20. The van der Waals surface area contributed by atoms with Crippen molar-refractivity contribution in [1.29, 1.82) is 0 Å². The summed E-state index contributed by atoms with van der Waals surface area (Å²) in [7, 11) is 0. The Morgan fingerprint density at radius 1 is 1.19 bits per heavy atom. The zero-order valence-corrected chi connectivity index (χ0v) is 14.2. The second kappa shape index (κ2) is 5.94. The van der Waals surface area contributed by atoms with E-state index in [0.29, 0.717) is 24.5 Å². The van der Waals surface area contributed by atoms with Gasteiger partial charge in [0.05, 0.1) is 23.1 Å². The van der Waals surface area contributed by atoms with Crippen LogP contribution in [0.2, 0.25) is 0 Å². The number of amides is 2. The molecule has 1 unspecified atom stereocenters. The van der Waals surface area contributed by atoms with Crippen LogP contribution in [0, 0.1) is 23.5 Å². The van der Waals surface area contributed by atoms with Crippen LogP contribution in [0.25, 0.3) is 10.9 Å². The molecule has 2 aliphatic rings. The second-order valence-electron chi connectivity index (χ2n) is 7.09. The van der Waals surface area contributed by atoms with Gasteiger partial charge in [-0.1, -0.05) is 6.07 Å². The van der Waals surface area contributed by atoms with Crippen LogP contribution >= 0.6 is 0 Å². The summed E-state index contributed by atoms with van der Waals surface area (Å²) in [6.45, 7) is 1.30. The minimum absolute atomic E-state index is 0.0771. The summed E-state index contributed by atoms with van der Waals surface area (Å²) in [4.78, 5) is 14.2. The Kier molecular flexibility index (Phi) is 3.53. The van der Waals surface area contributed by atoms with Crippen molar-refractivity contribution in [2.24, 2.45) is 11.8 Å². The molecule has 1 saturated carbocycles. The van der Waals surface area contributed by atoms with Gasteiger partial charge in [0, 0.05) is 42.4 Å². The maximum Gasteiger partial charge on any atom is 0.319 e. The van der Waals surface area contributed by atoms with Crippen molar-refractivity contribution < 1.29 is 13.6 Å². The molecule has 0 radical (unpaired) electrons. The Hall–Kier alpha value is -3.16. The molecule has 2 heterocycles. The van der Waals surface area contributed by atoms with Crippen LogP contribution in [0.4, 0.5) is 25.0 Å². The third-order valence-electron chi connectivity index (χ3n) is 5.48. The first kappa shape index (κ1) is 16.0. The van der Waals surface area contributed by atoms with Crippen LogP contribution in [-0.2, 0) is 0 Å². The number of H-pyrrole nitrogens is 1. The average molecular weight is 369 g/mol. The lowest BCUT2D eigenvalue weighted by molar-refractivity contribution is 0.250. The average Bonchev–Trinajstić information content (AvgIpc) is 3.04. The minimum atomic E-state index is -0.579. The van der Waals surface area contributed by atoms with Gasteiger partial charge in [-0.2, -0.15) is 5.10 Å². The molecule has 138 valence electrons. The van der Waals surface area contributed by atoms with Crippen molar-refractivity contribution >= 4 is 28.3 Å². The number of piperidine rings is 1. The highest BCUT2D eigenvalue weighted by Crippen LogP contribution is 2.47. The number of carbonyl (C=O) groups excluding carboxylic acids is 1. The largest absolute Gasteiger partial charge is 0.368 e. The number of hydrogen-bond donors (Lipinski definition) is 3. The number of aromatic amines is 1. The molecule has 2 aromatic carbocycles. The monoisotopic (exact) mass is 369 g/mol. The SMILES string of the molecule is O=C(Nc1cccc2[nH]ncc12)NC1[C@H]2CN(c3ccc(F)cc3F)C[C@@H]12. The van der Waals surface area contributed by atoms with Crippen LogP contribution in [0.15, 0.2) is 42.6 Å². The molecule has 1 saturated heterocycles. The number of urea groups is 1. The fourth-order valence-electron chi connectivity index (χ4n) is 4.06. The molecule has 3 N–H and O–H groups in total. The van der Waals surface area contributed by atoms with Gasteiger partial charge in [0.25, 0.3) is 0 Å². The molecule has 1 aliphatic heterocycles. The second-order valence-corrected chi connectivity index (χ2v) is 7.09. The van der Waals surface area contributed by atoms with Gasteiger partial charge < -0.3 is 15.5 Å². The van der Waals surface area contributed by atoms with Crippen LogP contribution in [0.5, 0.6) is 0 Å². The molecule has 3 atom stereocenters. The molecule has 8 heteroatoms. The van der Waals surface area contributed by atoms with Gasteiger partial charge >= 0.3 is 6.03 Å². The van der Waals surface area contributed by atoms with Crippen LogP contribution in [0.3, 0.4) is 0 Å². The number of aromatic nitrogens is 2. The number of benzene rings is 2. The first-order chi connectivity index (χ1) is 13.1. The van der Waals surface area contributed by atoms with Gasteiger partial charge in [0.2, 0.25) is 0 Å². The van der Waals surface area contributed by atoms with Crippen molar-refractivity contribution in [2.45, 2.75) is 6.04 Å². The van der Waals surface area contributed by atoms with E-state index in [-0.39, 0.29) is 23.9 Å². The Morgan fingerprint density at radius 3 is 2.78 bits per heavy atom. The van der Waals surface area contributed by atoms with E-state index in [1.54, 1.807) is 6.20 Å². The molecule has 3 aromatic rings. The molecule has 0 bridgehead atoms. The van der Waals surface area contributed by atoms with Gasteiger partial charge in [-0.3, -0.25) is 5.10 Å². The van der Waals surface area contributed by atoms with Gasteiger partial charge in [0.15, 0.2) is 0 Å². The lowest BCUT2D eigenvalue weighted by atomic mass is 10.2. The molecule has 6 nitrogen and oxygen atoms in total. The van der Waals surface area contributed by atoms with Gasteiger partial charge in [-0.05, 0) is 24.3 Å². The highest BCUT2D eigenvalue weighted by atomic mass is 19.1. The molecule has 1 aliphatic carbocycles. The van der Waals surface area contributed by atoms with E-state index in [9.17, 15) is 13.6 Å².